The third-order valence-corrected chi connectivity index (χ3v) is 2.98. The van der Waals surface area contributed by atoms with Crippen molar-refractivity contribution in [2.75, 3.05) is 5.32 Å². The van der Waals surface area contributed by atoms with E-state index in [1.807, 2.05) is 0 Å². The topological polar surface area (TPSA) is 114 Å². The number of anilines is 2. The number of nitrogens with two attached hydrogens (primary N) is 1. The van der Waals surface area contributed by atoms with Crippen LogP contribution < -0.4 is 16.6 Å². The van der Waals surface area contributed by atoms with Crippen LogP contribution in [0, 0.1) is 0 Å². The van der Waals surface area contributed by atoms with Crippen LogP contribution >= 0.6 is 0 Å². The van der Waals surface area contributed by atoms with Crippen molar-refractivity contribution in [3.63, 3.8) is 0 Å². The maximum Gasteiger partial charge on any atom is 0.258 e. The van der Waals surface area contributed by atoms with Gasteiger partial charge in [0.2, 0.25) is 0 Å². The lowest BCUT2D eigenvalue weighted by Crippen LogP contribution is -2.14. The molecule has 0 atom stereocenters. The summed E-state index contributed by atoms with van der Waals surface area (Å²) in [7, 11) is 0. The van der Waals surface area contributed by atoms with Crippen LogP contribution in [0.5, 0.6) is 0 Å². The van der Waals surface area contributed by atoms with Gasteiger partial charge in [-0.25, -0.2) is 9.97 Å². The number of hydrogen-bond donors (Lipinski definition) is 3. The lowest BCUT2D eigenvalue weighted by molar-refractivity contribution is 0.100. The van der Waals surface area contributed by atoms with Crippen LogP contribution in [0.4, 0.5) is 11.5 Å². The van der Waals surface area contributed by atoms with Crippen LogP contribution in [0.3, 0.4) is 0 Å². The maximum atomic E-state index is 11.7. The van der Waals surface area contributed by atoms with E-state index in [2.05, 4.69) is 20.3 Å². The molecule has 0 bridgehead atoms. The Hall–Kier alpha value is -3.22. The largest absolute Gasteiger partial charge is 0.365 e. The van der Waals surface area contributed by atoms with Crippen LogP contribution in [0.25, 0.3) is 10.9 Å². The van der Waals surface area contributed by atoms with Crippen molar-refractivity contribution in [2.45, 2.75) is 0 Å². The number of aromatic nitrogens is 3. The number of nitrogens with zero attached hydrogens (tertiary/aromatic N) is 2. The summed E-state index contributed by atoms with van der Waals surface area (Å²) in [6, 6.07) is 8.29. The summed E-state index contributed by atoms with van der Waals surface area (Å²) in [6.07, 6.45) is 2.89. The molecular formula is C14H11N5O2. The molecule has 0 aliphatic carbocycles. The molecule has 0 radical (unpaired) electrons. The molecule has 3 rings (SSSR count). The van der Waals surface area contributed by atoms with Gasteiger partial charge >= 0.3 is 0 Å². The van der Waals surface area contributed by atoms with Gasteiger partial charge < -0.3 is 16.0 Å². The molecule has 2 heterocycles. The lowest BCUT2D eigenvalue weighted by Gasteiger charge is -2.09. The maximum absolute atomic E-state index is 11.7. The number of carbonyl (C=O) groups excluding carboxylic acids is 1. The molecule has 7 nitrogen and oxygen atoms in total. The number of aromatic amines is 1. The van der Waals surface area contributed by atoms with E-state index < -0.39 is 5.91 Å². The third-order valence-electron chi connectivity index (χ3n) is 2.98. The molecule has 21 heavy (non-hydrogen) atoms. The first kappa shape index (κ1) is 12.8. The molecule has 0 saturated heterocycles. The lowest BCUT2D eigenvalue weighted by atomic mass is 10.2. The fraction of sp³-hybridized carbons (Fsp3) is 0. The standard InChI is InChI=1S/C14H11N5O2/c15-12(20)9-2-1-5-16-13(9)19-8-3-4-11-10(6-8)14(21)18-7-17-11/h1-7H,(H2,15,20)(H,16,19)(H,17,18,21). The first-order valence-electron chi connectivity index (χ1n) is 6.14. The van der Waals surface area contributed by atoms with E-state index in [4.69, 9.17) is 5.73 Å². The molecule has 2 aromatic heterocycles. The quantitative estimate of drug-likeness (QED) is 0.666. The van der Waals surface area contributed by atoms with Crippen LogP contribution in [0.2, 0.25) is 0 Å². The normalized spacial score (nSPS) is 10.5. The predicted octanol–water partition coefficient (Wildman–Crippen LogP) is 1.16. The average molecular weight is 281 g/mol. The number of fused-ring (bicyclic) bond motifs is 1. The van der Waals surface area contributed by atoms with Gasteiger partial charge in [-0.2, -0.15) is 0 Å². The van der Waals surface area contributed by atoms with Gasteiger partial charge in [0.25, 0.3) is 11.5 Å². The van der Waals surface area contributed by atoms with E-state index >= 15 is 0 Å². The highest BCUT2D eigenvalue weighted by Crippen LogP contribution is 2.20. The first-order valence-corrected chi connectivity index (χ1v) is 6.14. The molecule has 4 N–H and O–H groups in total. The summed E-state index contributed by atoms with van der Waals surface area (Å²) in [6.45, 7) is 0. The Morgan fingerprint density at radius 1 is 1.24 bits per heavy atom. The van der Waals surface area contributed by atoms with Gasteiger partial charge in [-0.15, -0.1) is 0 Å². The number of benzene rings is 1. The Labute approximate surface area is 118 Å². The molecule has 7 heteroatoms. The van der Waals surface area contributed by atoms with Crippen LogP contribution in [-0.4, -0.2) is 20.9 Å². The SMILES string of the molecule is NC(=O)c1cccnc1Nc1ccc2nc[nH]c(=O)c2c1. The van der Waals surface area contributed by atoms with E-state index in [-0.39, 0.29) is 11.1 Å². The summed E-state index contributed by atoms with van der Waals surface area (Å²) in [5.41, 5.74) is 6.54. The third kappa shape index (κ3) is 2.44. The molecule has 0 aliphatic heterocycles. The Morgan fingerprint density at radius 2 is 2.10 bits per heavy atom. The molecule has 1 amide bonds. The van der Waals surface area contributed by atoms with E-state index in [1.165, 1.54) is 6.33 Å². The van der Waals surface area contributed by atoms with E-state index in [0.717, 1.165) is 0 Å². The fourth-order valence-corrected chi connectivity index (χ4v) is 1.99. The number of carbonyl (C=O) groups is 1. The predicted molar refractivity (Wildman–Crippen MR) is 78.4 cm³/mol. The van der Waals surface area contributed by atoms with E-state index in [9.17, 15) is 9.59 Å². The Kier molecular flexibility index (Phi) is 3.07. The molecule has 104 valence electrons. The number of rotatable bonds is 3. The number of amides is 1. The fourth-order valence-electron chi connectivity index (χ4n) is 1.99. The van der Waals surface area contributed by atoms with E-state index in [0.29, 0.717) is 22.4 Å². The molecule has 0 saturated carbocycles. The van der Waals surface area contributed by atoms with Gasteiger partial charge in [0.15, 0.2) is 0 Å². The van der Waals surface area contributed by atoms with Crippen LogP contribution in [0.15, 0.2) is 47.7 Å². The zero-order chi connectivity index (χ0) is 14.8. The van der Waals surface area contributed by atoms with Crippen LogP contribution in [0.1, 0.15) is 10.4 Å². The summed E-state index contributed by atoms with van der Waals surface area (Å²) in [5, 5.41) is 3.42. The summed E-state index contributed by atoms with van der Waals surface area (Å²) < 4.78 is 0. The minimum Gasteiger partial charge on any atom is -0.365 e. The van der Waals surface area contributed by atoms with Gasteiger partial charge in [0, 0.05) is 11.9 Å². The molecule has 0 unspecified atom stereocenters. The molecule has 3 aromatic rings. The second-order valence-electron chi connectivity index (χ2n) is 4.35. The first-order chi connectivity index (χ1) is 10.1. The zero-order valence-corrected chi connectivity index (χ0v) is 10.8. The number of H-pyrrole nitrogens is 1. The number of pyridine rings is 1. The summed E-state index contributed by atoms with van der Waals surface area (Å²) >= 11 is 0. The highest BCUT2D eigenvalue weighted by molar-refractivity contribution is 5.98. The van der Waals surface area contributed by atoms with Crippen molar-refractivity contribution in [1.29, 1.82) is 0 Å². The minimum atomic E-state index is -0.578. The zero-order valence-electron chi connectivity index (χ0n) is 10.8. The van der Waals surface area contributed by atoms with Crippen molar-refractivity contribution in [3.05, 3.63) is 58.8 Å². The highest BCUT2D eigenvalue weighted by atomic mass is 16.1. The van der Waals surface area contributed by atoms with Gasteiger partial charge in [-0.1, -0.05) is 0 Å². The molecular weight excluding hydrogens is 270 g/mol. The molecule has 1 aromatic carbocycles. The minimum absolute atomic E-state index is 0.236. The Morgan fingerprint density at radius 3 is 2.90 bits per heavy atom. The van der Waals surface area contributed by atoms with Crippen LogP contribution in [-0.2, 0) is 0 Å². The molecule has 0 fully saturated rings. The second-order valence-corrected chi connectivity index (χ2v) is 4.35. The van der Waals surface area contributed by atoms with E-state index in [1.54, 1.807) is 36.5 Å². The second kappa shape index (κ2) is 5.04. The number of hydrogen-bond acceptors (Lipinski definition) is 5. The average Bonchev–Trinajstić information content (AvgIpc) is 2.48. The molecule has 0 spiro atoms. The van der Waals surface area contributed by atoms with Crippen molar-refractivity contribution in [3.8, 4) is 0 Å². The number of nitrogens with one attached hydrogen (secondary N) is 2. The van der Waals surface area contributed by atoms with Crippen molar-refractivity contribution in [2.24, 2.45) is 5.73 Å². The highest BCUT2D eigenvalue weighted by Gasteiger charge is 2.09. The molecule has 0 aliphatic rings. The Bertz CT molecular complexity index is 888. The van der Waals surface area contributed by atoms with Crippen molar-refractivity contribution < 1.29 is 4.79 Å². The monoisotopic (exact) mass is 281 g/mol. The summed E-state index contributed by atoms with van der Waals surface area (Å²) in [5.74, 6) is -0.240. The van der Waals surface area contributed by atoms with Gasteiger partial charge in [-0.05, 0) is 30.3 Å². The van der Waals surface area contributed by atoms with Gasteiger partial charge in [-0.3, -0.25) is 9.59 Å². The summed E-state index contributed by atoms with van der Waals surface area (Å²) in [4.78, 5) is 33.8. The smallest absolute Gasteiger partial charge is 0.258 e. The van der Waals surface area contributed by atoms with Gasteiger partial charge in [0.05, 0.1) is 22.8 Å². The number of primary amides is 1. The van der Waals surface area contributed by atoms with Gasteiger partial charge in [0.1, 0.15) is 5.82 Å². The van der Waals surface area contributed by atoms with Crippen molar-refractivity contribution in [1.82, 2.24) is 15.0 Å². The Balaban J connectivity index is 2.05. The van der Waals surface area contributed by atoms with Crippen molar-refractivity contribution >= 4 is 28.3 Å².